The first-order valence-corrected chi connectivity index (χ1v) is 5.80. The molecule has 0 saturated carbocycles. The maximum absolute atomic E-state index is 11.1. The highest BCUT2D eigenvalue weighted by molar-refractivity contribution is 5.70. The summed E-state index contributed by atoms with van der Waals surface area (Å²) < 4.78 is 5.15. The van der Waals surface area contributed by atoms with E-state index in [-0.39, 0.29) is 5.41 Å². The van der Waals surface area contributed by atoms with Crippen LogP contribution < -0.4 is 0 Å². The molecule has 1 aromatic rings. The quantitative estimate of drug-likeness (QED) is 0.725. The van der Waals surface area contributed by atoms with Gasteiger partial charge in [-0.3, -0.25) is 0 Å². The molecule has 1 saturated heterocycles. The first-order chi connectivity index (χ1) is 7.66. The highest BCUT2D eigenvalue weighted by Crippen LogP contribution is 2.30. The number of benzene rings is 1. The highest BCUT2D eigenvalue weighted by Gasteiger charge is 2.40. The maximum atomic E-state index is 11.1. The summed E-state index contributed by atoms with van der Waals surface area (Å²) in [6, 6.07) is 8.38. The third kappa shape index (κ3) is 2.03. The Kier molecular flexibility index (Phi) is 3.10. The van der Waals surface area contributed by atoms with E-state index in [0.717, 1.165) is 18.3 Å². The van der Waals surface area contributed by atoms with Crippen molar-refractivity contribution in [3.63, 3.8) is 0 Å². The molecule has 0 aromatic heterocycles. The number of hydrogen-bond acceptors (Lipinski definition) is 2. The minimum Gasteiger partial charge on any atom is -0.379 e. The normalized spacial score (nSPS) is 18.2. The molecule has 1 aromatic carbocycles. The predicted molar refractivity (Wildman–Crippen MR) is 63.5 cm³/mol. The smallest absolute Gasteiger partial charge is 0.135 e. The van der Waals surface area contributed by atoms with Gasteiger partial charge in [0.1, 0.15) is 6.29 Å². The van der Waals surface area contributed by atoms with Crippen molar-refractivity contribution in [1.29, 1.82) is 0 Å². The van der Waals surface area contributed by atoms with Crippen molar-refractivity contribution in [2.24, 2.45) is 5.92 Å². The molecule has 0 spiro atoms. The van der Waals surface area contributed by atoms with E-state index in [4.69, 9.17) is 4.74 Å². The third-order valence-corrected chi connectivity index (χ3v) is 3.12. The third-order valence-electron chi connectivity index (χ3n) is 3.12. The summed E-state index contributed by atoms with van der Waals surface area (Å²) in [6.45, 7) is 5.47. The van der Waals surface area contributed by atoms with Crippen molar-refractivity contribution in [3.05, 3.63) is 35.4 Å². The Bertz CT molecular complexity index is 361. The van der Waals surface area contributed by atoms with Gasteiger partial charge in [0, 0.05) is 0 Å². The van der Waals surface area contributed by atoms with Crippen LogP contribution in [-0.4, -0.2) is 19.5 Å². The lowest BCUT2D eigenvalue weighted by Crippen LogP contribution is -2.48. The van der Waals surface area contributed by atoms with Crippen molar-refractivity contribution in [1.82, 2.24) is 0 Å². The van der Waals surface area contributed by atoms with Crippen LogP contribution >= 0.6 is 0 Å². The van der Waals surface area contributed by atoms with Crippen molar-refractivity contribution >= 4 is 6.29 Å². The number of carbonyl (C=O) groups excluding carboxylic acids is 1. The Labute approximate surface area is 96.6 Å². The van der Waals surface area contributed by atoms with Crippen molar-refractivity contribution in [3.8, 4) is 0 Å². The lowest BCUT2D eigenvalue weighted by molar-refractivity contribution is -0.129. The fraction of sp³-hybridized carbons (Fsp3) is 0.500. The first kappa shape index (κ1) is 11.3. The van der Waals surface area contributed by atoms with Crippen molar-refractivity contribution < 1.29 is 9.53 Å². The minimum atomic E-state index is -0.365. The number of hydrogen-bond donors (Lipinski definition) is 0. The van der Waals surface area contributed by atoms with Crippen LogP contribution in [0.4, 0.5) is 0 Å². The lowest BCUT2D eigenvalue weighted by Gasteiger charge is -2.36. The summed E-state index contributed by atoms with van der Waals surface area (Å²) in [5.74, 6) is 0.665. The van der Waals surface area contributed by atoms with Gasteiger partial charge in [0.05, 0.1) is 18.6 Å². The van der Waals surface area contributed by atoms with Crippen molar-refractivity contribution in [2.75, 3.05) is 13.2 Å². The fourth-order valence-electron chi connectivity index (χ4n) is 2.07. The summed E-state index contributed by atoms with van der Waals surface area (Å²) in [5, 5.41) is 0. The second kappa shape index (κ2) is 4.38. The molecule has 0 radical (unpaired) electrons. The van der Waals surface area contributed by atoms with E-state index in [0.29, 0.717) is 19.1 Å². The lowest BCUT2D eigenvalue weighted by atomic mass is 9.80. The van der Waals surface area contributed by atoms with Crippen LogP contribution in [0.15, 0.2) is 24.3 Å². The Morgan fingerprint density at radius 3 is 2.31 bits per heavy atom. The molecule has 2 nitrogen and oxygen atoms in total. The monoisotopic (exact) mass is 218 g/mol. The summed E-state index contributed by atoms with van der Waals surface area (Å²) in [5.41, 5.74) is 2.05. The molecule has 0 amide bonds. The van der Waals surface area contributed by atoms with Gasteiger partial charge in [0.2, 0.25) is 0 Å². The Balaban J connectivity index is 2.15. The predicted octanol–water partition coefficient (Wildman–Crippen LogP) is 2.35. The second-order valence-electron chi connectivity index (χ2n) is 5.06. The molecule has 1 fully saturated rings. The van der Waals surface area contributed by atoms with E-state index in [9.17, 15) is 4.79 Å². The van der Waals surface area contributed by atoms with Crippen LogP contribution in [0.2, 0.25) is 0 Å². The molecule has 1 heterocycles. The molecule has 86 valence electrons. The molecule has 1 aliphatic heterocycles. The van der Waals surface area contributed by atoms with Crippen LogP contribution in [0.1, 0.15) is 25.0 Å². The zero-order chi connectivity index (χ0) is 11.6. The first-order valence-electron chi connectivity index (χ1n) is 5.80. The van der Waals surface area contributed by atoms with Crippen molar-refractivity contribution in [2.45, 2.75) is 25.7 Å². The van der Waals surface area contributed by atoms with Gasteiger partial charge in [0.25, 0.3) is 0 Å². The maximum Gasteiger partial charge on any atom is 0.135 e. The molecule has 0 N–H and O–H groups in total. The summed E-state index contributed by atoms with van der Waals surface area (Å²) in [7, 11) is 0. The summed E-state index contributed by atoms with van der Waals surface area (Å²) in [6.07, 6.45) is 2.11. The molecular formula is C14H18O2. The van der Waals surface area contributed by atoms with Gasteiger partial charge in [-0.1, -0.05) is 38.1 Å². The van der Waals surface area contributed by atoms with Crippen LogP contribution in [0.3, 0.4) is 0 Å². The molecule has 2 rings (SSSR count). The second-order valence-corrected chi connectivity index (χ2v) is 5.06. The van der Waals surface area contributed by atoms with E-state index in [1.54, 1.807) is 0 Å². The standard InChI is InChI=1S/C14H18O2/c1-11(2)7-12-3-5-13(6-4-12)14(8-15)9-16-10-14/h3-6,8,11H,7,9-10H2,1-2H3. The zero-order valence-corrected chi connectivity index (χ0v) is 9.90. The van der Waals surface area contributed by atoms with E-state index in [2.05, 4.69) is 38.1 Å². The van der Waals surface area contributed by atoms with Crippen LogP contribution in [-0.2, 0) is 21.4 Å². The van der Waals surface area contributed by atoms with E-state index < -0.39 is 0 Å². The number of carbonyl (C=O) groups is 1. The minimum absolute atomic E-state index is 0.365. The van der Waals surface area contributed by atoms with Gasteiger partial charge in [-0.05, 0) is 23.5 Å². The Morgan fingerprint density at radius 2 is 1.94 bits per heavy atom. The largest absolute Gasteiger partial charge is 0.379 e. The zero-order valence-electron chi connectivity index (χ0n) is 9.90. The number of aldehydes is 1. The topological polar surface area (TPSA) is 26.3 Å². The fourth-order valence-corrected chi connectivity index (χ4v) is 2.07. The van der Waals surface area contributed by atoms with Gasteiger partial charge in [-0.15, -0.1) is 0 Å². The summed E-state index contributed by atoms with van der Waals surface area (Å²) >= 11 is 0. The summed E-state index contributed by atoms with van der Waals surface area (Å²) in [4.78, 5) is 11.1. The number of ether oxygens (including phenoxy) is 1. The molecule has 0 aliphatic carbocycles. The highest BCUT2D eigenvalue weighted by atomic mass is 16.5. The molecular weight excluding hydrogens is 200 g/mol. The Morgan fingerprint density at radius 1 is 1.31 bits per heavy atom. The molecule has 1 aliphatic rings. The average molecular weight is 218 g/mol. The van der Waals surface area contributed by atoms with Crippen LogP contribution in [0.5, 0.6) is 0 Å². The SMILES string of the molecule is CC(C)Cc1ccc(C2(C=O)COC2)cc1. The van der Waals surface area contributed by atoms with E-state index in [1.165, 1.54) is 5.56 Å². The molecule has 16 heavy (non-hydrogen) atoms. The van der Waals surface area contributed by atoms with E-state index >= 15 is 0 Å². The van der Waals surface area contributed by atoms with E-state index in [1.807, 2.05) is 0 Å². The van der Waals surface area contributed by atoms with Gasteiger partial charge in [-0.25, -0.2) is 0 Å². The van der Waals surface area contributed by atoms with Gasteiger partial charge < -0.3 is 9.53 Å². The van der Waals surface area contributed by atoms with Gasteiger partial charge >= 0.3 is 0 Å². The van der Waals surface area contributed by atoms with Crippen LogP contribution in [0.25, 0.3) is 0 Å². The van der Waals surface area contributed by atoms with Gasteiger partial charge in [-0.2, -0.15) is 0 Å². The molecule has 2 heteroatoms. The Hall–Kier alpha value is -1.15. The average Bonchev–Trinajstić information content (AvgIpc) is 2.19. The molecule has 0 bridgehead atoms. The molecule has 0 unspecified atom stereocenters. The van der Waals surface area contributed by atoms with Crippen LogP contribution in [0, 0.1) is 5.92 Å². The molecule has 0 atom stereocenters. The number of rotatable bonds is 4. The van der Waals surface area contributed by atoms with Gasteiger partial charge in [0.15, 0.2) is 0 Å².